The van der Waals surface area contributed by atoms with Crippen LogP contribution in [0.2, 0.25) is 0 Å². The standard InChI is InChI=1S/C25H27Br2NO2S/c1-18(14-21-8-9-22(26)15-25(21)27)31-28(16-19-4-10-23(29-2)11-5-19)17-20-6-12-24(30-3)13-7-20/h4-13,15,18H,14,16-17H2,1-3H3. The summed E-state index contributed by atoms with van der Waals surface area (Å²) in [5.41, 5.74) is 3.84. The Hall–Kier alpha value is -1.47. The third-order valence-corrected chi connectivity index (χ3v) is 7.20. The van der Waals surface area contributed by atoms with Crippen LogP contribution in [0, 0.1) is 0 Å². The summed E-state index contributed by atoms with van der Waals surface area (Å²) < 4.78 is 15.3. The van der Waals surface area contributed by atoms with Gasteiger partial charge in [0.15, 0.2) is 0 Å². The third kappa shape index (κ3) is 7.56. The summed E-state index contributed by atoms with van der Waals surface area (Å²) in [7, 11) is 3.39. The van der Waals surface area contributed by atoms with Crippen LogP contribution in [0.3, 0.4) is 0 Å². The number of ether oxygens (including phenoxy) is 2. The van der Waals surface area contributed by atoms with E-state index < -0.39 is 0 Å². The van der Waals surface area contributed by atoms with Crippen LogP contribution in [-0.2, 0) is 19.5 Å². The first-order valence-corrected chi connectivity index (χ1v) is 12.5. The maximum Gasteiger partial charge on any atom is 0.118 e. The lowest BCUT2D eigenvalue weighted by Crippen LogP contribution is -2.19. The summed E-state index contributed by atoms with van der Waals surface area (Å²) in [6.45, 7) is 3.99. The summed E-state index contributed by atoms with van der Waals surface area (Å²) >= 11 is 9.14. The zero-order valence-corrected chi connectivity index (χ0v) is 22.0. The molecule has 0 spiro atoms. The molecule has 0 aromatic heterocycles. The maximum absolute atomic E-state index is 5.30. The molecule has 31 heavy (non-hydrogen) atoms. The molecular formula is C25H27Br2NO2S. The first kappa shape index (κ1) is 24.2. The quantitative estimate of drug-likeness (QED) is 0.237. The highest BCUT2D eigenvalue weighted by molar-refractivity contribution is 9.11. The molecule has 0 aliphatic rings. The lowest BCUT2D eigenvalue weighted by molar-refractivity contribution is 0.413. The Labute approximate surface area is 206 Å². The predicted octanol–water partition coefficient (Wildman–Crippen LogP) is 7.51. The minimum atomic E-state index is 0.425. The number of benzene rings is 3. The molecule has 0 heterocycles. The van der Waals surface area contributed by atoms with E-state index in [1.807, 2.05) is 36.2 Å². The third-order valence-electron chi connectivity index (χ3n) is 4.89. The van der Waals surface area contributed by atoms with Gasteiger partial charge in [-0.2, -0.15) is 0 Å². The van der Waals surface area contributed by atoms with Crippen LogP contribution in [0.25, 0.3) is 0 Å². The average molecular weight is 565 g/mol. The largest absolute Gasteiger partial charge is 0.497 e. The Kier molecular flexibility index (Phi) is 9.32. The van der Waals surface area contributed by atoms with Gasteiger partial charge >= 0.3 is 0 Å². The van der Waals surface area contributed by atoms with Gasteiger partial charge in [-0.15, -0.1) is 0 Å². The second-order valence-electron chi connectivity index (χ2n) is 7.35. The van der Waals surface area contributed by atoms with Crippen LogP contribution in [0.5, 0.6) is 11.5 Å². The average Bonchev–Trinajstić information content (AvgIpc) is 2.76. The number of halogens is 2. The maximum atomic E-state index is 5.30. The minimum absolute atomic E-state index is 0.425. The van der Waals surface area contributed by atoms with Crippen molar-refractivity contribution in [3.8, 4) is 11.5 Å². The van der Waals surface area contributed by atoms with Crippen LogP contribution >= 0.6 is 43.8 Å². The molecule has 3 nitrogen and oxygen atoms in total. The molecule has 0 saturated carbocycles. The van der Waals surface area contributed by atoms with E-state index in [0.717, 1.165) is 40.0 Å². The number of hydrogen-bond donors (Lipinski definition) is 0. The smallest absolute Gasteiger partial charge is 0.118 e. The van der Waals surface area contributed by atoms with Crippen LogP contribution in [0.15, 0.2) is 75.7 Å². The fourth-order valence-corrected chi connectivity index (χ4v) is 5.71. The van der Waals surface area contributed by atoms with Crippen LogP contribution < -0.4 is 9.47 Å². The molecule has 0 saturated heterocycles. The van der Waals surface area contributed by atoms with Crippen molar-refractivity contribution >= 4 is 43.8 Å². The monoisotopic (exact) mass is 563 g/mol. The molecule has 0 aliphatic heterocycles. The van der Waals surface area contributed by atoms with Gasteiger partial charge < -0.3 is 9.47 Å². The van der Waals surface area contributed by atoms with Gasteiger partial charge in [-0.05, 0) is 59.5 Å². The highest BCUT2D eigenvalue weighted by atomic mass is 79.9. The van der Waals surface area contributed by atoms with Gasteiger partial charge in [0, 0.05) is 27.3 Å². The van der Waals surface area contributed by atoms with E-state index in [-0.39, 0.29) is 0 Å². The Balaban J connectivity index is 1.72. The van der Waals surface area contributed by atoms with Crippen molar-refractivity contribution < 1.29 is 9.47 Å². The molecule has 164 valence electrons. The van der Waals surface area contributed by atoms with Crippen molar-refractivity contribution in [1.82, 2.24) is 4.31 Å². The number of hydrogen-bond acceptors (Lipinski definition) is 4. The topological polar surface area (TPSA) is 21.7 Å². The van der Waals surface area contributed by atoms with Gasteiger partial charge in [-0.25, -0.2) is 4.31 Å². The summed E-state index contributed by atoms with van der Waals surface area (Å²) in [6.07, 6.45) is 0.986. The first-order chi connectivity index (χ1) is 15.0. The zero-order chi connectivity index (χ0) is 22.2. The summed E-state index contributed by atoms with van der Waals surface area (Å²) in [4.78, 5) is 0. The van der Waals surface area contributed by atoms with E-state index in [1.54, 1.807) is 14.2 Å². The van der Waals surface area contributed by atoms with Crippen LogP contribution in [-0.4, -0.2) is 23.8 Å². The molecule has 3 aromatic carbocycles. The van der Waals surface area contributed by atoms with Gasteiger partial charge in [0.2, 0.25) is 0 Å². The number of methoxy groups -OCH3 is 2. The lowest BCUT2D eigenvalue weighted by Gasteiger charge is -2.25. The molecular weight excluding hydrogens is 538 g/mol. The molecule has 0 N–H and O–H groups in total. The minimum Gasteiger partial charge on any atom is -0.497 e. The molecule has 3 aromatic rings. The SMILES string of the molecule is COc1ccc(CN(Cc2ccc(OC)cc2)SC(C)Cc2ccc(Br)cc2Br)cc1. The van der Waals surface area contributed by atoms with Gasteiger partial charge in [-0.3, -0.25) is 0 Å². The molecule has 0 fully saturated rings. The van der Waals surface area contributed by atoms with Crippen molar-refractivity contribution in [2.45, 2.75) is 31.7 Å². The van der Waals surface area contributed by atoms with Crippen molar-refractivity contribution in [3.05, 3.63) is 92.4 Å². The molecule has 0 radical (unpaired) electrons. The molecule has 6 heteroatoms. The zero-order valence-electron chi connectivity index (χ0n) is 18.0. The van der Waals surface area contributed by atoms with Gasteiger partial charge in [0.1, 0.15) is 11.5 Å². The molecule has 1 atom stereocenters. The molecule has 0 amide bonds. The van der Waals surface area contributed by atoms with Gasteiger partial charge in [0.25, 0.3) is 0 Å². The van der Waals surface area contributed by atoms with Crippen molar-refractivity contribution in [3.63, 3.8) is 0 Å². The Morgan fingerprint density at radius 2 is 1.32 bits per heavy atom. The highest BCUT2D eigenvalue weighted by Gasteiger charge is 2.15. The Morgan fingerprint density at radius 1 is 0.806 bits per heavy atom. The molecule has 0 aliphatic carbocycles. The van der Waals surface area contributed by atoms with E-state index in [1.165, 1.54) is 16.7 Å². The lowest BCUT2D eigenvalue weighted by atomic mass is 10.1. The molecule has 1 unspecified atom stereocenters. The van der Waals surface area contributed by atoms with Crippen LogP contribution in [0.4, 0.5) is 0 Å². The highest BCUT2D eigenvalue weighted by Crippen LogP contribution is 2.29. The Bertz CT molecular complexity index is 915. The van der Waals surface area contributed by atoms with E-state index in [4.69, 9.17) is 9.47 Å². The predicted molar refractivity (Wildman–Crippen MR) is 138 cm³/mol. The van der Waals surface area contributed by atoms with E-state index >= 15 is 0 Å². The number of rotatable bonds is 10. The fourth-order valence-electron chi connectivity index (χ4n) is 3.29. The fraction of sp³-hybridized carbons (Fsp3) is 0.280. The van der Waals surface area contributed by atoms with Crippen molar-refractivity contribution in [2.75, 3.05) is 14.2 Å². The molecule has 3 rings (SSSR count). The number of nitrogens with zero attached hydrogens (tertiary/aromatic N) is 1. The summed E-state index contributed by atoms with van der Waals surface area (Å²) in [6, 6.07) is 23.0. The van der Waals surface area contributed by atoms with E-state index in [0.29, 0.717) is 5.25 Å². The van der Waals surface area contributed by atoms with Crippen molar-refractivity contribution in [1.29, 1.82) is 0 Å². The summed E-state index contributed by atoms with van der Waals surface area (Å²) in [5, 5.41) is 0.425. The van der Waals surface area contributed by atoms with Crippen molar-refractivity contribution in [2.24, 2.45) is 0 Å². The molecule has 0 bridgehead atoms. The Morgan fingerprint density at radius 3 is 1.77 bits per heavy atom. The van der Waals surface area contributed by atoms with Crippen LogP contribution in [0.1, 0.15) is 23.6 Å². The van der Waals surface area contributed by atoms with Gasteiger partial charge in [0.05, 0.1) is 14.2 Å². The second kappa shape index (κ2) is 12.0. The van der Waals surface area contributed by atoms with E-state index in [9.17, 15) is 0 Å². The first-order valence-electron chi connectivity index (χ1n) is 10.1. The second-order valence-corrected chi connectivity index (χ2v) is 10.7. The van der Waals surface area contributed by atoms with E-state index in [2.05, 4.69) is 85.6 Å². The normalized spacial score (nSPS) is 12.1. The van der Waals surface area contributed by atoms with Gasteiger partial charge in [-0.1, -0.05) is 81.1 Å². The summed E-state index contributed by atoms with van der Waals surface area (Å²) in [5.74, 6) is 1.76.